The quantitative estimate of drug-likeness (QED) is 0.684. The molecule has 2 unspecified atom stereocenters. The fraction of sp³-hybridized carbons (Fsp3) is 0.455. The third-order valence-corrected chi connectivity index (χ3v) is 2.81. The number of hydrogen-bond acceptors (Lipinski definition) is 5. The van der Waals surface area contributed by atoms with Gasteiger partial charge in [0.05, 0.1) is 17.8 Å². The molecule has 1 aliphatic rings. The van der Waals surface area contributed by atoms with Gasteiger partial charge in [0.15, 0.2) is 0 Å². The van der Waals surface area contributed by atoms with Crippen molar-refractivity contribution < 1.29 is 10.2 Å². The summed E-state index contributed by atoms with van der Waals surface area (Å²) in [6, 6.07) is 3.87. The summed E-state index contributed by atoms with van der Waals surface area (Å²) in [5.41, 5.74) is 1.35. The van der Waals surface area contributed by atoms with Crippen LogP contribution in [0.1, 0.15) is 11.1 Å². The van der Waals surface area contributed by atoms with E-state index in [0.717, 1.165) is 5.56 Å². The van der Waals surface area contributed by atoms with Crippen LogP contribution in [-0.4, -0.2) is 40.5 Å². The molecule has 0 amide bonds. The minimum atomic E-state index is -0.770. The Morgan fingerprint density at radius 2 is 2.06 bits per heavy atom. The van der Waals surface area contributed by atoms with Gasteiger partial charge in [0, 0.05) is 19.3 Å². The van der Waals surface area contributed by atoms with Gasteiger partial charge >= 0.3 is 0 Å². The second-order valence-corrected chi connectivity index (χ2v) is 3.98. The number of aromatic nitrogens is 1. The zero-order valence-corrected chi connectivity index (χ0v) is 8.96. The summed E-state index contributed by atoms with van der Waals surface area (Å²) in [6.45, 7) is 2.46. The summed E-state index contributed by atoms with van der Waals surface area (Å²) in [6.07, 6.45) is 0.0884. The van der Waals surface area contributed by atoms with Gasteiger partial charge in [-0.1, -0.05) is 0 Å². The van der Waals surface area contributed by atoms with Gasteiger partial charge in [0.25, 0.3) is 0 Å². The summed E-state index contributed by atoms with van der Waals surface area (Å²) in [4.78, 5) is 5.88. The number of aryl methyl sites for hydroxylation is 1. The van der Waals surface area contributed by atoms with E-state index in [1.807, 2.05) is 6.92 Å². The highest BCUT2D eigenvalue weighted by atomic mass is 16.3. The molecule has 0 radical (unpaired) electrons. The van der Waals surface area contributed by atoms with Crippen LogP contribution in [0, 0.1) is 18.3 Å². The highest BCUT2D eigenvalue weighted by Gasteiger charge is 2.31. The van der Waals surface area contributed by atoms with Crippen molar-refractivity contribution in [1.82, 2.24) is 4.98 Å². The van der Waals surface area contributed by atoms with Gasteiger partial charge in [0.1, 0.15) is 11.9 Å². The monoisotopic (exact) mass is 219 g/mol. The zero-order valence-electron chi connectivity index (χ0n) is 8.96. The molecule has 0 aromatic carbocycles. The second kappa shape index (κ2) is 4.08. The standard InChI is InChI=1S/C11H13N3O2/c1-7-2-3-13-11(8(7)4-12)14-5-9(15)10(16)6-14/h2-3,9-10,15-16H,5-6H2,1H3. The van der Waals surface area contributed by atoms with E-state index in [9.17, 15) is 10.2 Å². The van der Waals surface area contributed by atoms with Crippen molar-refractivity contribution in [3.8, 4) is 6.07 Å². The first-order chi connectivity index (χ1) is 7.63. The second-order valence-electron chi connectivity index (χ2n) is 3.98. The van der Waals surface area contributed by atoms with Crippen LogP contribution < -0.4 is 4.90 Å². The van der Waals surface area contributed by atoms with Gasteiger partial charge in [-0.15, -0.1) is 0 Å². The van der Waals surface area contributed by atoms with Crippen molar-refractivity contribution in [2.45, 2.75) is 19.1 Å². The summed E-state index contributed by atoms with van der Waals surface area (Å²) in [5, 5.41) is 28.0. The highest BCUT2D eigenvalue weighted by molar-refractivity contribution is 5.57. The lowest BCUT2D eigenvalue weighted by Gasteiger charge is -2.18. The Morgan fingerprint density at radius 3 is 2.62 bits per heavy atom. The number of β-amino-alcohol motifs (C(OH)–C–C–N with tert-alkyl or cyclic N) is 2. The zero-order chi connectivity index (χ0) is 11.7. The number of rotatable bonds is 1. The number of aliphatic hydroxyl groups excluding tert-OH is 2. The number of pyridine rings is 1. The molecule has 0 aliphatic carbocycles. The van der Waals surface area contributed by atoms with E-state index in [2.05, 4.69) is 11.1 Å². The van der Waals surface area contributed by atoms with Crippen LogP contribution in [-0.2, 0) is 0 Å². The van der Waals surface area contributed by atoms with E-state index in [1.54, 1.807) is 17.2 Å². The van der Waals surface area contributed by atoms with Gasteiger partial charge in [-0.25, -0.2) is 4.98 Å². The minimum Gasteiger partial charge on any atom is -0.389 e. The fourth-order valence-electron chi connectivity index (χ4n) is 1.86. The highest BCUT2D eigenvalue weighted by Crippen LogP contribution is 2.23. The molecule has 5 nitrogen and oxygen atoms in total. The van der Waals surface area contributed by atoms with Gasteiger partial charge in [0.2, 0.25) is 0 Å². The maximum absolute atomic E-state index is 9.46. The van der Waals surface area contributed by atoms with Crippen LogP contribution in [0.25, 0.3) is 0 Å². The third kappa shape index (κ3) is 1.73. The molecule has 1 aromatic heterocycles. The lowest BCUT2D eigenvalue weighted by molar-refractivity contribution is 0.0572. The van der Waals surface area contributed by atoms with E-state index in [0.29, 0.717) is 24.5 Å². The topological polar surface area (TPSA) is 80.4 Å². The van der Waals surface area contributed by atoms with Crippen LogP contribution in [0.4, 0.5) is 5.82 Å². The molecule has 0 saturated carbocycles. The summed E-state index contributed by atoms with van der Waals surface area (Å²) < 4.78 is 0. The molecule has 1 aromatic rings. The van der Waals surface area contributed by atoms with E-state index in [4.69, 9.17) is 5.26 Å². The van der Waals surface area contributed by atoms with Crippen molar-refractivity contribution in [3.63, 3.8) is 0 Å². The number of anilines is 1. The van der Waals surface area contributed by atoms with Crippen LogP contribution >= 0.6 is 0 Å². The first-order valence-corrected chi connectivity index (χ1v) is 5.10. The molecule has 2 heterocycles. The van der Waals surface area contributed by atoms with E-state index >= 15 is 0 Å². The summed E-state index contributed by atoms with van der Waals surface area (Å²) >= 11 is 0. The van der Waals surface area contributed by atoms with E-state index < -0.39 is 12.2 Å². The molecule has 0 bridgehead atoms. The molecule has 2 N–H and O–H groups in total. The van der Waals surface area contributed by atoms with Gasteiger partial charge in [-0.3, -0.25) is 0 Å². The van der Waals surface area contributed by atoms with Gasteiger partial charge < -0.3 is 15.1 Å². The Balaban J connectivity index is 2.35. The van der Waals surface area contributed by atoms with E-state index in [-0.39, 0.29) is 0 Å². The summed E-state index contributed by atoms with van der Waals surface area (Å²) in [7, 11) is 0. The first kappa shape index (κ1) is 10.9. The predicted molar refractivity (Wildman–Crippen MR) is 57.9 cm³/mol. The number of hydrogen-bond donors (Lipinski definition) is 2. The smallest absolute Gasteiger partial charge is 0.146 e. The molecule has 5 heteroatoms. The van der Waals surface area contributed by atoms with Crippen molar-refractivity contribution in [2.24, 2.45) is 0 Å². The molecule has 1 saturated heterocycles. The normalized spacial score (nSPS) is 24.5. The maximum atomic E-state index is 9.46. The van der Waals surface area contributed by atoms with Crippen molar-refractivity contribution in [1.29, 1.82) is 5.26 Å². The Kier molecular flexibility index (Phi) is 2.77. The van der Waals surface area contributed by atoms with Crippen molar-refractivity contribution >= 4 is 5.82 Å². The largest absolute Gasteiger partial charge is 0.389 e. The molecule has 16 heavy (non-hydrogen) atoms. The number of nitriles is 1. The average Bonchev–Trinajstić information content (AvgIpc) is 2.59. The molecule has 1 fully saturated rings. The number of nitrogens with zero attached hydrogens (tertiary/aromatic N) is 3. The molecular weight excluding hydrogens is 206 g/mol. The van der Waals surface area contributed by atoms with Crippen LogP contribution in [0.2, 0.25) is 0 Å². The molecule has 84 valence electrons. The van der Waals surface area contributed by atoms with Crippen molar-refractivity contribution in [2.75, 3.05) is 18.0 Å². The Morgan fingerprint density at radius 1 is 1.44 bits per heavy atom. The maximum Gasteiger partial charge on any atom is 0.146 e. The Bertz CT molecular complexity index is 431. The van der Waals surface area contributed by atoms with Crippen LogP contribution in [0.5, 0.6) is 0 Å². The lowest BCUT2D eigenvalue weighted by Crippen LogP contribution is -2.23. The van der Waals surface area contributed by atoms with Gasteiger partial charge in [-0.05, 0) is 18.6 Å². The molecule has 2 rings (SSSR count). The van der Waals surface area contributed by atoms with Gasteiger partial charge in [-0.2, -0.15) is 5.26 Å². The van der Waals surface area contributed by atoms with Crippen LogP contribution in [0.3, 0.4) is 0 Å². The minimum absolute atomic E-state index is 0.312. The Hall–Kier alpha value is -1.64. The van der Waals surface area contributed by atoms with E-state index in [1.165, 1.54) is 0 Å². The number of aliphatic hydroxyl groups is 2. The van der Waals surface area contributed by atoms with Crippen LogP contribution in [0.15, 0.2) is 12.3 Å². The molecule has 2 atom stereocenters. The lowest BCUT2D eigenvalue weighted by atomic mass is 10.1. The summed E-state index contributed by atoms with van der Waals surface area (Å²) in [5.74, 6) is 0.540. The average molecular weight is 219 g/mol. The fourth-order valence-corrected chi connectivity index (χ4v) is 1.86. The molecule has 0 spiro atoms. The predicted octanol–water partition coefficient (Wildman–Crippen LogP) is -0.196. The molecular formula is C11H13N3O2. The molecule has 1 aliphatic heterocycles. The first-order valence-electron chi connectivity index (χ1n) is 5.10. The third-order valence-electron chi connectivity index (χ3n) is 2.81. The van der Waals surface area contributed by atoms with Crippen molar-refractivity contribution in [3.05, 3.63) is 23.4 Å². The SMILES string of the molecule is Cc1ccnc(N2CC(O)C(O)C2)c1C#N. The Labute approximate surface area is 93.6 Å².